The van der Waals surface area contributed by atoms with E-state index in [2.05, 4.69) is 0 Å². The number of aliphatic hydroxyl groups is 1. The summed E-state index contributed by atoms with van der Waals surface area (Å²) in [6, 6.07) is 3.98. The highest BCUT2D eigenvalue weighted by molar-refractivity contribution is 5.26. The highest BCUT2D eigenvalue weighted by Gasteiger charge is 2.55. The van der Waals surface area contributed by atoms with Crippen molar-refractivity contribution in [1.29, 1.82) is 0 Å². The summed E-state index contributed by atoms with van der Waals surface area (Å²) in [4.78, 5) is 0. The lowest BCUT2D eigenvalue weighted by Gasteiger charge is -2.53. The van der Waals surface area contributed by atoms with E-state index in [9.17, 15) is 13.9 Å². The van der Waals surface area contributed by atoms with Crippen LogP contribution >= 0.6 is 0 Å². The second-order valence-corrected chi connectivity index (χ2v) is 6.06. The molecule has 1 N–H and O–H groups in total. The summed E-state index contributed by atoms with van der Waals surface area (Å²) in [6.45, 7) is 0. The minimum atomic E-state index is -0.933. The molecule has 0 heterocycles. The number of hydrogen-bond donors (Lipinski definition) is 1. The van der Waals surface area contributed by atoms with Gasteiger partial charge in [0.2, 0.25) is 5.82 Å². The fourth-order valence-corrected chi connectivity index (χ4v) is 3.66. The second kappa shape index (κ2) is 5.32. The molecule has 0 aromatic heterocycles. The van der Waals surface area contributed by atoms with Crippen molar-refractivity contribution in [3.63, 3.8) is 0 Å². The molecule has 0 amide bonds. The number of benzene rings is 1. The Balaban J connectivity index is 1.78. The lowest BCUT2D eigenvalue weighted by molar-refractivity contribution is -0.164. The Labute approximate surface area is 117 Å². The third-order valence-corrected chi connectivity index (χ3v) is 4.96. The molecule has 1 aromatic carbocycles. The number of hydrogen-bond acceptors (Lipinski definition) is 2. The van der Waals surface area contributed by atoms with Crippen LogP contribution < -0.4 is 4.74 Å². The molecule has 2 atom stereocenters. The summed E-state index contributed by atoms with van der Waals surface area (Å²) in [5.74, 6) is -1.86. The van der Waals surface area contributed by atoms with Crippen LogP contribution in [0.25, 0.3) is 0 Å². The Morgan fingerprint density at radius 3 is 2.45 bits per heavy atom. The number of aliphatic hydroxyl groups excluding tert-OH is 1. The van der Waals surface area contributed by atoms with E-state index in [4.69, 9.17) is 4.74 Å². The smallest absolute Gasteiger partial charge is 0.200 e. The van der Waals surface area contributed by atoms with Crippen LogP contribution in [0.3, 0.4) is 0 Å². The molecule has 0 radical (unpaired) electrons. The van der Waals surface area contributed by atoms with Gasteiger partial charge in [0.1, 0.15) is 6.10 Å². The van der Waals surface area contributed by atoms with E-state index in [1.54, 1.807) is 0 Å². The van der Waals surface area contributed by atoms with E-state index >= 15 is 0 Å². The summed E-state index contributed by atoms with van der Waals surface area (Å²) in [5.41, 5.74) is -0.255. The molecule has 0 aliphatic heterocycles. The van der Waals surface area contributed by atoms with Gasteiger partial charge in [-0.05, 0) is 25.0 Å². The third kappa shape index (κ3) is 2.20. The third-order valence-electron chi connectivity index (χ3n) is 4.96. The zero-order chi connectivity index (χ0) is 14.2. The molecule has 2 nitrogen and oxygen atoms in total. The zero-order valence-corrected chi connectivity index (χ0v) is 11.4. The standard InChI is InChI=1S/C16H20F2O2/c17-11-6-5-7-12(15(11)18)20-14-10-13(19)16(14)8-3-1-2-4-9-16/h5-7,13-14,19H,1-4,8-10H2. The SMILES string of the molecule is OC1CC(Oc2cccc(F)c2F)C12CCCCCC2. The van der Waals surface area contributed by atoms with Gasteiger partial charge < -0.3 is 9.84 Å². The van der Waals surface area contributed by atoms with Crippen molar-refractivity contribution in [2.45, 2.75) is 57.2 Å². The van der Waals surface area contributed by atoms with Crippen LogP contribution in [0, 0.1) is 17.0 Å². The van der Waals surface area contributed by atoms with Gasteiger partial charge in [0, 0.05) is 11.8 Å². The first-order valence-corrected chi connectivity index (χ1v) is 7.42. The maximum Gasteiger partial charge on any atom is 0.200 e. The molecule has 1 aromatic rings. The molecule has 1 spiro atoms. The van der Waals surface area contributed by atoms with Crippen LogP contribution in [0.4, 0.5) is 8.78 Å². The van der Waals surface area contributed by atoms with Gasteiger partial charge >= 0.3 is 0 Å². The van der Waals surface area contributed by atoms with E-state index in [-0.39, 0.29) is 23.4 Å². The van der Waals surface area contributed by atoms with Crippen molar-refractivity contribution < 1.29 is 18.6 Å². The van der Waals surface area contributed by atoms with Gasteiger partial charge in [-0.2, -0.15) is 4.39 Å². The Hall–Kier alpha value is -1.16. The van der Waals surface area contributed by atoms with E-state index in [1.165, 1.54) is 25.0 Å². The minimum absolute atomic E-state index is 0.0366. The molecule has 0 bridgehead atoms. The summed E-state index contributed by atoms with van der Waals surface area (Å²) < 4.78 is 32.6. The maximum atomic E-state index is 13.7. The van der Waals surface area contributed by atoms with Crippen molar-refractivity contribution in [1.82, 2.24) is 0 Å². The van der Waals surface area contributed by atoms with Crippen molar-refractivity contribution >= 4 is 0 Å². The Morgan fingerprint density at radius 1 is 1.10 bits per heavy atom. The second-order valence-electron chi connectivity index (χ2n) is 6.06. The molecule has 2 unspecified atom stereocenters. The van der Waals surface area contributed by atoms with Crippen LogP contribution in [0.5, 0.6) is 5.75 Å². The molecule has 2 saturated carbocycles. The lowest BCUT2D eigenvalue weighted by atomic mass is 9.59. The molecule has 2 aliphatic carbocycles. The van der Waals surface area contributed by atoms with Crippen LogP contribution in [0.1, 0.15) is 44.9 Å². The molecule has 20 heavy (non-hydrogen) atoms. The van der Waals surface area contributed by atoms with Gasteiger partial charge in [0.25, 0.3) is 0 Å². The first-order valence-electron chi connectivity index (χ1n) is 7.42. The Bertz CT molecular complexity index is 481. The van der Waals surface area contributed by atoms with Crippen LogP contribution in [-0.4, -0.2) is 17.3 Å². The van der Waals surface area contributed by atoms with Crippen LogP contribution in [0.15, 0.2) is 18.2 Å². The minimum Gasteiger partial charge on any atom is -0.486 e. The fraction of sp³-hybridized carbons (Fsp3) is 0.625. The van der Waals surface area contributed by atoms with E-state index in [1.807, 2.05) is 0 Å². The van der Waals surface area contributed by atoms with Gasteiger partial charge in [-0.25, -0.2) is 4.39 Å². The van der Waals surface area contributed by atoms with E-state index < -0.39 is 11.6 Å². The van der Waals surface area contributed by atoms with Gasteiger partial charge in [0.05, 0.1) is 6.10 Å². The van der Waals surface area contributed by atoms with Gasteiger partial charge in [0.15, 0.2) is 11.6 Å². The average molecular weight is 282 g/mol. The predicted molar refractivity (Wildman–Crippen MR) is 71.5 cm³/mol. The van der Waals surface area contributed by atoms with Crippen LogP contribution in [-0.2, 0) is 0 Å². The predicted octanol–water partition coefficient (Wildman–Crippen LogP) is 3.82. The summed E-state index contributed by atoms with van der Waals surface area (Å²) >= 11 is 0. The van der Waals surface area contributed by atoms with Crippen LogP contribution in [0.2, 0.25) is 0 Å². The topological polar surface area (TPSA) is 29.5 Å². The molecule has 110 valence electrons. The summed E-state index contributed by atoms with van der Waals surface area (Å²) in [7, 11) is 0. The lowest BCUT2D eigenvalue weighted by Crippen LogP contribution is -2.59. The highest BCUT2D eigenvalue weighted by Crippen LogP contribution is 2.52. The number of rotatable bonds is 2. The summed E-state index contributed by atoms with van der Waals surface area (Å²) in [5, 5.41) is 10.2. The van der Waals surface area contributed by atoms with E-state index in [0.29, 0.717) is 6.42 Å². The van der Waals surface area contributed by atoms with Crippen molar-refractivity contribution in [3.8, 4) is 5.75 Å². The van der Waals surface area contributed by atoms with E-state index in [0.717, 1.165) is 31.7 Å². The molecule has 2 aliphatic rings. The molecular weight excluding hydrogens is 262 g/mol. The summed E-state index contributed by atoms with van der Waals surface area (Å²) in [6.07, 6.45) is 6.26. The number of ether oxygens (including phenoxy) is 1. The average Bonchev–Trinajstić information content (AvgIpc) is 2.71. The van der Waals surface area contributed by atoms with Crippen molar-refractivity contribution in [2.24, 2.45) is 5.41 Å². The first kappa shape index (κ1) is 13.8. The Morgan fingerprint density at radius 2 is 1.80 bits per heavy atom. The Kier molecular flexibility index (Phi) is 3.67. The maximum absolute atomic E-state index is 13.7. The highest BCUT2D eigenvalue weighted by atomic mass is 19.2. The normalized spacial score (nSPS) is 28.8. The molecule has 2 fully saturated rings. The molecular formula is C16H20F2O2. The van der Waals surface area contributed by atoms with Crippen molar-refractivity contribution in [3.05, 3.63) is 29.8 Å². The quantitative estimate of drug-likeness (QED) is 0.893. The molecule has 0 saturated heterocycles. The van der Waals surface area contributed by atoms with Gasteiger partial charge in [-0.15, -0.1) is 0 Å². The van der Waals surface area contributed by atoms with Crippen molar-refractivity contribution in [2.75, 3.05) is 0 Å². The van der Waals surface area contributed by atoms with Gasteiger partial charge in [-0.3, -0.25) is 0 Å². The number of halogens is 2. The monoisotopic (exact) mass is 282 g/mol. The zero-order valence-electron chi connectivity index (χ0n) is 11.4. The molecule has 3 rings (SSSR count). The first-order chi connectivity index (χ1) is 9.63. The largest absolute Gasteiger partial charge is 0.486 e. The fourth-order valence-electron chi connectivity index (χ4n) is 3.66. The van der Waals surface area contributed by atoms with Gasteiger partial charge in [-0.1, -0.05) is 31.7 Å². The molecule has 4 heteroatoms.